The van der Waals surface area contributed by atoms with Gasteiger partial charge in [0.2, 0.25) is 17.7 Å². The summed E-state index contributed by atoms with van der Waals surface area (Å²) in [6.07, 6.45) is -59.0. The number of hydrogen-bond acceptors (Lipinski definition) is 34. The molecule has 0 aliphatic carbocycles. The number of amides is 3. The first-order chi connectivity index (χ1) is 39.8. The maximum absolute atomic E-state index is 12.9. The van der Waals surface area contributed by atoms with Crippen LogP contribution in [0.5, 0.6) is 0 Å². The molecule has 0 aromatic carbocycles. The van der Waals surface area contributed by atoms with Gasteiger partial charge in [-0.25, -0.2) is 0 Å². The van der Waals surface area contributed by atoms with E-state index in [0.29, 0.717) is 0 Å². The molecular weight excluding hydrogens is 1150 g/mol. The molecule has 7 rings (SSSR count). The highest BCUT2D eigenvalue weighted by atomic mass is 16.8. The molecule has 0 aromatic rings. The second kappa shape index (κ2) is 30.1. The molecule has 7 fully saturated rings. The van der Waals surface area contributed by atoms with Crippen LogP contribution in [0, 0.1) is 0 Å². The maximum atomic E-state index is 12.9. The highest BCUT2D eigenvalue weighted by Gasteiger charge is 2.59. The molecule has 37 nitrogen and oxygen atoms in total. The van der Waals surface area contributed by atoms with Crippen LogP contribution in [0.15, 0.2) is 0 Å². The summed E-state index contributed by atoms with van der Waals surface area (Å²) in [6.45, 7) is -3.75. The Balaban J connectivity index is 1.30. The summed E-state index contributed by atoms with van der Waals surface area (Å²) in [5.41, 5.74) is 0. The number of ether oxygens (including phenoxy) is 13. The van der Waals surface area contributed by atoms with Gasteiger partial charge in [-0.05, 0) is 0 Å². The van der Waals surface area contributed by atoms with E-state index >= 15 is 0 Å². The van der Waals surface area contributed by atoms with E-state index in [1.54, 1.807) is 0 Å². The van der Waals surface area contributed by atoms with Crippen molar-refractivity contribution in [2.75, 3.05) is 52.9 Å². The van der Waals surface area contributed by atoms with Gasteiger partial charge in [0.15, 0.2) is 37.7 Å². The molecule has 7 aliphatic rings. The standard InChI is InChI=1S/C47H79N3O34/c1-12(56)48-15-9-72-20(7-54)37(25(15)60)80-43-24(50-14(3)58)32(67)38(21(8-55)78-43)81-47-41(84-45-35(70)26(61)16(59)10-73-45)39(30(65)22(79-47)11-74-44-36(71)33(68)28(63)18(5-52)76-44)82-46-40(34(69)29(64)19(6-53)77-46)83-42-23(49-13(2)57)31(66)27(62)17(4-51)75-42/h15-47,51-55,59-71H,4-11H2,1-3H3,(H,48,56)(H,49,57)(H,50,58)/t15-,16+,17+,18+,19+,20+,21+,22+,23+,24+,25+,26-,27+,28+,29+,30+,31+,32+,33-,34-,35+,36-,37+,38+,39-,40-,41-,42-,43-,44-,45-,46+,47-/m0/s1. The molecule has 7 saturated heterocycles. The molecule has 0 saturated carbocycles. The van der Waals surface area contributed by atoms with Crippen molar-refractivity contribution < 1.29 is 168 Å². The fraction of sp³-hybridized carbons (Fsp3) is 0.936. The molecule has 33 atom stereocenters. The Bertz CT molecular complexity index is 2100. The lowest BCUT2D eigenvalue weighted by Gasteiger charge is -2.52. The zero-order valence-electron chi connectivity index (χ0n) is 45.3. The van der Waals surface area contributed by atoms with Gasteiger partial charge in [-0.3, -0.25) is 14.4 Å². The number of carbonyl (C=O) groups excluding carboxylic acids is 3. The lowest BCUT2D eigenvalue weighted by molar-refractivity contribution is -0.410. The summed E-state index contributed by atoms with van der Waals surface area (Å²) in [7, 11) is 0. The van der Waals surface area contributed by atoms with Gasteiger partial charge in [0.1, 0.15) is 159 Å². The number of aliphatic hydroxyl groups is 18. The Morgan fingerprint density at radius 3 is 1.36 bits per heavy atom. The van der Waals surface area contributed by atoms with E-state index in [9.17, 15) is 106 Å². The van der Waals surface area contributed by atoms with E-state index in [4.69, 9.17) is 61.6 Å². The Morgan fingerprint density at radius 2 is 0.786 bits per heavy atom. The fourth-order valence-electron chi connectivity index (χ4n) is 10.7. The first-order valence-corrected chi connectivity index (χ1v) is 26.9. The Kier molecular flexibility index (Phi) is 24.6. The van der Waals surface area contributed by atoms with E-state index in [1.807, 2.05) is 0 Å². The summed E-state index contributed by atoms with van der Waals surface area (Å²) in [5, 5.41) is 204. The summed E-state index contributed by atoms with van der Waals surface area (Å²) in [6, 6.07) is -4.65. The molecule has 7 aliphatic heterocycles. The minimum Gasteiger partial charge on any atom is -0.394 e. The van der Waals surface area contributed by atoms with Gasteiger partial charge in [0, 0.05) is 20.8 Å². The molecule has 37 heteroatoms. The molecule has 0 bridgehead atoms. The van der Waals surface area contributed by atoms with Crippen LogP contribution in [0.2, 0.25) is 0 Å². The van der Waals surface area contributed by atoms with Crippen molar-refractivity contribution in [3.05, 3.63) is 0 Å². The third-order valence-electron chi connectivity index (χ3n) is 15.3. The molecule has 0 radical (unpaired) electrons. The van der Waals surface area contributed by atoms with Crippen molar-refractivity contribution in [2.45, 2.75) is 223 Å². The molecule has 3 amide bonds. The van der Waals surface area contributed by atoms with E-state index in [0.717, 1.165) is 20.8 Å². The smallest absolute Gasteiger partial charge is 0.217 e. The van der Waals surface area contributed by atoms with E-state index in [1.165, 1.54) is 0 Å². The van der Waals surface area contributed by atoms with Crippen LogP contribution in [0.1, 0.15) is 20.8 Å². The number of aliphatic hydroxyl groups excluding tert-OH is 18. The molecular formula is C47H79N3O34. The Labute approximate surface area is 476 Å². The number of carbonyl (C=O) groups is 3. The summed E-state index contributed by atoms with van der Waals surface area (Å²) in [5.74, 6) is -2.27. The van der Waals surface area contributed by atoms with Crippen LogP contribution in [-0.4, -0.2) is 365 Å². The third-order valence-corrected chi connectivity index (χ3v) is 15.3. The normalized spacial score (nSPS) is 48.5. The van der Waals surface area contributed by atoms with Gasteiger partial charge >= 0.3 is 0 Å². The minimum absolute atomic E-state index is 0.301. The first kappa shape index (κ1) is 68.7. The number of hydrogen-bond donors (Lipinski definition) is 21. The van der Waals surface area contributed by atoms with Gasteiger partial charge in [0.05, 0.1) is 58.9 Å². The topological polar surface area (TPSA) is 571 Å². The minimum atomic E-state index is -2.31. The Hall–Kier alpha value is -2.83. The molecule has 0 aromatic heterocycles. The first-order valence-electron chi connectivity index (χ1n) is 26.9. The van der Waals surface area contributed by atoms with Crippen molar-refractivity contribution in [3.8, 4) is 0 Å². The van der Waals surface area contributed by atoms with Gasteiger partial charge in [-0.15, -0.1) is 0 Å². The molecule has 7 heterocycles. The predicted molar refractivity (Wildman–Crippen MR) is 259 cm³/mol. The average Bonchev–Trinajstić information content (AvgIpc) is 1.37. The molecule has 0 spiro atoms. The van der Waals surface area contributed by atoms with E-state index in [-0.39, 0.29) is 6.61 Å². The zero-order valence-corrected chi connectivity index (χ0v) is 45.3. The predicted octanol–water partition coefficient (Wildman–Crippen LogP) is -14.5. The lowest BCUT2D eigenvalue weighted by Crippen LogP contribution is -2.71. The van der Waals surface area contributed by atoms with Crippen molar-refractivity contribution >= 4 is 17.7 Å². The largest absolute Gasteiger partial charge is 0.394 e. The molecule has 486 valence electrons. The average molecular weight is 1230 g/mol. The van der Waals surface area contributed by atoms with E-state index in [2.05, 4.69) is 16.0 Å². The second-order valence-electron chi connectivity index (χ2n) is 21.3. The molecule has 21 N–H and O–H groups in total. The van der Waals surface area contributed by atoms with Crippen molar-refractivity contribution in [1.82, 2.24) is 16.0 Å². The second-order valence-corrected chi connectivity index (χ2v) is 21.3. The molecule has 0 unspecified atom stereocenters. The highest BCUT2D eigenvalue weighted by Crippen LogP contribution is 2.39. The number of rotatable bonds is 21. The van der Waals surface area contributed by atoms with Crippen LogP contribution in [0.25, 0.3) is 0 Å². The Morgan fingerprint density at radius 1 is 0.357 bits per heavy atom. The lowest BCUT2D eigenvalue weighted by atomic mass is 9.94. The summed E-state index contributed by atoms with van der Waals surface area (Å²) in [4.78, 5) is 37.3. The SMILES string of the molecule is CC(=O)N[C@H]1[C@H](O[C@H]2[C@H](O)[C@@H](NC(C)=O)CO[C@@H]2CO)O[C@H](CO)[C@@H](O[C@@H]2O[C@H](CO[C@H]3O[C@H](CO)[C@@H](O)[C@H](O)[C@@H]3O)[C@@H](O)[C@H](O[C@H]3O[C@H](CO)[C@@H](O)[C@H](O)[C@@H]3O[C@@H]3O[C@H](CO)[C@@H](O)[C@H](O)[C@H]3NC(C)=O)[C@@H]2O[C@@H]2OC[C@@H](O)[C@H](O)[C@H]2O)[C@@H]1O. The maximum Gasteiger partial charge on any atom is 0.217 e. The zero-order chi connectivity index (χ0) is 61.8. The quantitative estimate of drug-likeness (QED) is 0.0507. The summed E-state index contributed by atoms with van der Waals surface area (Å²) < 4.78 is 77.4. The molecule has 84 heavy (non-hydrogen) atoms. The van der Waals surface area contributed by atoms with Gasteiger partial charge in [0.25, 0.3) is 0 Å². The monoisotopic (exact) mass is 1230 g/mol. The van der Waals surface area contributed by atoms with Crippen molar-refractivity contribution in [2.24, 2.45) is 0 Å². The van der Waals surface area contributed by atoms with Crippen molar-refractivity contribution in [3.63, 3.8) is 0 Å². The van der Waals surface area contributed by atoms with Crippen LogP contribution in [-0.2, 0) is 76.0 Å². The van der Waals surface area contributed by atoms with Crippen LogP contribution in [0.4, 0.5) is 0 Å². The van der Waals surface area contributed by atoms with Crippen molar-refractivity contribution in [1.29, 1.82) is 0 Å². The van der Waals surface area contributed by atoms with E-state index < -0.39 is 266 Å². The van der Waals surface area contributed by atoms with Crippen LogP contribution < -0.4 is 16.0 Å². The van der Waals surface area contributed by atoms with Gasteiger partial charge in [-0.1, -0.05) is 0 Å². The number of nitrogens with one attached hydrogen (secondary N) is 3. The van der Waals surface area contributed by atoms with Gasteiger partial charge < -0.3 is 169 Å². The third kappa shape index (κ3) is 15.2. The van der Waals surface area contributed by atoms with Crippen LogP contribution in [0.3, 0.4) is 0 Å². The van der Waals surface area contributed by atoms with Gasteiger partial charge in [-0.2, -0.15) is 0 Å². The highest BCUT2D eigenvalue weighted by molar-refractivity contribution is 5.74. The van der Waals surface area contributed by atoms with Crippen LogP contribution >= 0.6 is 0 Å². The fourth-order valence-corrected chi connectivity index (χ4v) is 10.7. The summed E-state index contributed by atoms with van der Waals surface area (Å²) >= 11 is 0.